The number of hydrogen-bond donors (Lipinski definition) is 1. The van der Waals surface area contributed by atoms with Crippen LogP contribution < -0.4 is 0 Å². The molecule has 5 nitrogen and oxygen atoms in total. The summed E-state index contributed by atoms with van der Waals surface area (Å²) in [5.74, 6) is -1.39. The number of rotatable bonds is 2. The molecule has 1 fully saturated rings. The zero-order valence-electron chi connectivity index (χ0n) is 10.5. The molecule has 1 aromatic rings. The zero-order valence-corrected chi connectivity index (χ0v) is 10.5. The first kappa shape index (κ1) is 12.5. The number of aromatic nitrogens is 1. The minimum absolute atomic E-state index is 0.122. The first-order chi connectivity index (χ1) is 8.49. The first-order valence-corrected chi connectivity index (χ1v) is 5.95. The number of aryl methyl sites for hydroxylation is 2. The molecular weight excluding hydrogens is 232 g/mol. The number of carbonyl (C=O) groups is 2. The van der Waals surface area contributed by atoms with Crippen molar-refractivity contribution in [2.24, 2.45) is 5.92 Å². The highest BCUT2D eigenvalue weighted by Gasteiger charge is 2.31. The van der Waals surface area contributed by atoms with Crippen molar-refractivity contribution < 1.29 is 14.7 Å². The van der Waals surface area contributed by atoms with Gasteiger partial charge >= 0.3 is 5.97 Å². The number of carbonyl (C=O) groups excluding carboxylic acids is 1. The van der Waals surface area contributed by atoms with E-state index in [1.165, 1.54) is 0 Å². The molecule has 1 aliphatic heterocycles. The van der Waals surface area contributed by atoms with E-state index in [2.05, 4.69) is 4.98 Å². The lowest BCUT2D eigenvalue weighted by atomic mass is 10.1. The van der Waals surface area contributed by atoms with Crippen LogP contribution in [-0.2, 0) is 4.79 Å². The lowest BCUT2D eigenvalue weighted by Gasteiger charge is -2.16. The molecule has 0 spiro atoms. The Bertz CT molecular complexity index is 499. The molecule has 1 amide bonds. The molecule has 18 heavy (non-hydrogen) atoms. The zero-order chi connectivity index (χ0) is 13.3. The smallest absolute Gasteiger partial charge is 0.308 e. The van der Waals surface area contributed by atoms with E-state index in [0.717, 1.165) is 5.69 Å². The average Bonchev–Trinajstić information content (AvgIpc) is 2.77. The van der Waals surface area contributed by atoms with E-state index in [-0.39, 0.29) is 5.91 Å². The van der Waals surface area contributed by atoms with Crippen LogP contribution in [0, 0.1) is 19.8 Å². The quantitative estimate of drug-likeness (QED) is 0.855. The number of aliphatic carboxylic acids is 1. The van der Waals surface area contributed by atoms with Gasteiger partial charge in [0, 0.05) is 18.8 Å². The number of amides is 1. The summed E-state index contributed by atoms with van der Waals surface area (Å²) in [5, 5.41) is 8.92. The van der Waals surface area contributed by atoms with Crippen molar-refractivity contribution in [3.63, 3.8) is 0 Å². The molecule has 0 bridgehead atoms. The van der Waals surface area contributed by atoms with E-state index >= 15 is 0 Å². The predicted molar refractivity (Wildman–Crippen MR) is 65.4 cm³/mol. The molecule has 0 aromatic carbocycles. The van der Waals surface area contributed by atoms with E-state index < -0.39 is 11.9 Å². The first-order valence-electron chi connectivity index (χ1n) is 5.95. The predicted octanol–water partition coefficient (Wildman–Crippen LogP) is 1.25. The van der Waals surface area contributed by atoms with Gasteiger partial charge in [-0.1, -0.05) is 0 Å². The molecule has 0 unspecified atom stereocenters. The van der Waals surface area contributed by atoms with Gasteiger partial charge in [-0.25, -0.2) is 0 Å². The third kappa shape index (κ3) is 2.34. The molecule has 2 rings (SSSR count). The number of nitrogens with zero attached hydrogens (tertiary/aromatic N) is 2. The molecule has 1 atom stereocenters. The summed E-state index contributed by atoms with van der Waals surface area (Å²) in [5.41, 5.74) is 2.12. The highest BCUT2D eigenvalue weighted by atomic mass is 16.4. The molecule has 1 N–H and O–H groups in total. The standard InChI is InChI=1S/C13H16N2O3/c1-8-3-4-11(9(2)14-8)12(16)15-6-5-10(7-15)13(17)18/h3-4,10H,5-7H2,1-2H3,(H,17,18)/t10-/m1/s1. The van der Waals surface area contributed by atoms with Crippen LogP contribution in [0.4, 0.5) is 0 Å². The summed E-state index contributed by atoms with van der Waals surface area (Å²) < 4.78 is 0. The van der Waals surface area contributed by atoms with Crippen molar-refractivity contribution in [1.82, 2.24) is 9.88 Å². The molecule has 5 heteroatoms. The number of carboxylic acids is 1. The van der Waals surface area contributed by atoms with Crippen LogP contribution in [0.1, 0.15) is 28.2 Å². The molecule has 1 aliphatic rings. The van der Waals surface area contributed by atoms with E-state index in [0.29, 0.717) is 30.8 Å². The van der Waals surface area contributed by atoms with Gasteiger partial charge in [0.15, 0.2) is 0 Å². The molecule has 1 saturated heterocycles. The van der Waals surface area contributed by atoms with Gasteiger partial charge in [-0.2, -0.15) is 0 Å². The van der Waals surface area contributed by atoms with Crippen LogP contribution in [0.25, 0.3) is 0 Å². The van der Waals surface area contributed by atoms with Gasteiger partial charge in [0.2, 0.25) is 0 Å². The minimum Gasteiger partial charge on any atom is -0.481 e. The fourth-order valence-corrected chi connectivity index (χ4v) is 2.23. The van der Waals surface area contributed by atoms with Crippen molar-refractivity contribution in [1.29, 1.82) is 0 Å². The topological polar surface area (TPSA) is 70.5 Å². The second-order valence-corrected chi connectivity index (χ2v) is 4.66. The van der Waals surface area contributed by atoms with Gasteiger partial charge < -0.3 is 10.0 Å². The SMILES string of the molecule is Cc1ccc(C(=O)N2CC[C@@H](C(=O)O)C2)c(C)n1. The van der Waals surface area contributed by atoms with Crippen LogP contribution in [0.3, 0.4) is 0 Å². The summed E-state index contributed by atoms with van der Waals surface area (Å²) >= 11 is 0. The Morgan fingerprint density at radius 3 is 2.67 bits per heavy atom. The molecule has 1 aromatic heterocycles. The Balaban J connectivity index is 2.15. The molecule has 96 valence electrons. The van der Waals surface area contributed by atoms with E-state index in [1.54, 1.807) is 24.0 Å². The van der Waals surface area contributed by atoms with Crippen LogP contribution in [0.5, 0.6) is 0 Å². The highest BCUT2D eigenvalue weighted by molar-refractivity contribution is 5.95. The van der Waals surface area contributed by atoms with E-state index in [4.69, 9.17) is 5.11 Å². The lowest BCUT2D eigenvalue weighted by molar-refractivity contribution is -0.141. The fourth-order valence-electron chi connectivity index (χ4n) is 2.23. The van der Waals surface area contributed by atoms with Crippen LogP contribution >= 0.6 is 0 Å². The number of pyridine rings is 1. The second-order valence-electron chi connectivity index (χ2n) is 4.66. The molecule has 0 saturated carbocycles. The summed E-state index contributed by atoms with van der Waals surface area (Å²) in [6.07, 6.45) is 0.527. The van der Waals surface area contributed by atoms with Gasteiger partial charge in [0.25, 0.3) is 5.91 Å². The van der Waals surface area contributed by atoms with Gasteiger partial charge in [-0.3, -0.25) is 14.6 Å². The summed E-state index contributed by atoms with van der Waals surface area (Å²) in [6, 6.07) is 3.55. The largest absolute Gasteiger partial charge is 0.481 e. The number of likely N-dealkylation sites (tertiary alicyclic amines) is 1. The van der Waals surface area contributed by atoms with Crippen molar-refractivity contribution in [3.05, 3.63) is 29.1 Å². The second kappa shape index (κ2) is 4.76. The summed E-state index contributed by atoms with van der Waals surface area (Å²) in [7, 11) is 0. The van der Waals surface area contributed by atoms with Gasteiger partial charge in [0.1, 0.15) is 0 Å². The van der Waals surface area contributed by atoms with Crippen molar-refractivity contribution in [2.45, 2.75) is 20.3 Å². The van der Waals surface area contributed by atoms with Crippen LogP contribution in [0.15, 0.2) is 12.1 Å². The third-order valence-corrected chi connectivity index (χ3v) is 3.28. The average molecular weight is 248 g/mol. The summed E-state index contributed by atoms with van der Waals surface area (Å²) in [6.45, 7) is 4.47. The van der Waals surface area contributed by atoms with Gasteiger partial charge in [-0.15, -0.1) is 0 Å². The van der Waals surface area contributed by atoms with Gasteiger partial charge in [0.05, 0.1) is 17.2 Å². The van der Waals surface area contributed by atoms with E-state index in [9.17, 15) is 9.59 Å². The maximum absolute atomic E-state index is 12.2. The van der Waals surface area contributed by atoms with Crippen molar-refractivity contribution in [2.75, 3.05) is 13.1 Å². The molecular formula is C13H16N2O3. The van der Waals surface area contributed by atoms with Crippen LogP contribution in [0.2, 0.25) is 0 Å². The highest BCUT2D eigenvalue weighted by Crippen LogP contribution is 2.20. The number of hydrogen-bond acceptors (Lipinski definition) is 3. The number of carboxylic acid groups (broad SMARTS) is 1. The van der Waals surface area contributed by atoms with Gasteiger partial charge in [-0.05, 0) is 32.4 Å². The Morgan fingerprint density at radius 1 is 1.39 bits per heavy atom. The maximum atomic E-state index is 12.2. The fraction of sp³-hybridized carbons (Fsp3) is 0.462. The Kier molecular flexibility index (Phi) is 3.32. The molecule has 2 heterocycles. The third-order valence-electron chi connectivity index (χ3n) is 3.28. The van der Waals surface area contributed by atoms with Crippen molar-refractivity contribution in [3.8, 4) is 0 Å². The Labute approximate surface area is 105 Å². The monoisotopic (exact) mass is 248 g/mol. The molecule has 0 aliphatic carbocycles. The Hall–Kier alpha value is -1.91. The molecule has 0 radical (unpaired) electrons. The lowest BCUT2D eigenvalue weighted by Crippen LogP contribution is -2.30. The van der Waals surface area contributed by atoms with Crippen LogP contribution in [-0.4, -0.2) is 40.0 Å². The Morgan fingerprint density at radius 2 is 2.11 bits per heavy atom. The van der Waals surface area contributed by atoms with Crippen molar-refractivity contribution >= 4 is 11.9 Å². The normalized spacial score (nSPS) is 19.0. The van der Waals surface area contributed by atoms with E-state index in [1.807, 2.05) is 6.92 Å². The summed E-state index contributed by atoms with van der Waals surface area (Å²) in [4.78, 5) is 29.0. The minimum atomic E-state index is -0.830. The maximum Gasteiger partial charge on any atom is 0.308 e.